The Labute approximate surface area is 128 Å². The Balaban J connectivity index is 2.21. The van der Waals surface area contributed by atoms with E-state index in [-0.39, 0.29) is 12.5 Å². The lowest BCUT2D eigenvalue weighted by molar-refractivity contribution is -0.123. The Kier molecular flexibility index (Phi) is 7.33. The largest absolute Gasteiger partial charge is 0.483 e. The van der Waals surface area contributed by atoms with Crippen molar-refractivity contribution in [1.82, 2.24) is 5.32 Å². The van der Waals surface area contributed by atoms with Crippen LogP contribution in [0.5, 0.6) is 5.75 Å². The molecule has 4 nitrogen and oxygen atoms in total. The smallest absolute Gasteiger partial charge is 0.258 e. The lowest BCUT2D eigenvalue weighted by Gasteiger charge is -2.09. The summed E-state index contributed by atoms with van der Waals surface area (Å²) in [6.07, 6.45) is 0. The molecular formula is C15H20BrNO3. The molecule has 1 amide bonds. The van der Waals surface area contributed by atoms with Gasteiger partial charge >= 0.3 is 0 Å². The van der Waals surface area contributed by atoms with Gasteiger partial charge in [0, 0.05) is 6.54 Å². The molecule has 0 bridgehead atoms. The lowest BCUT2D eigenvalue weighted by atomic mass is 10.2. The van der Waals surface area contributed by atoms with E-state index < -0.39 is 0 Å². The summed E-state index contributed by atoms with van der Waals surface area (Å²) in [7, 11) is 0. The van der Waals surface area contributed by atoms with Crippen molar-refractivity contribution in [3.8, 4) is 5.75 Å². The van der Waals surface area contributed by atoms with Gasteiger partial charge in [-0.2, -0.15) is 0 Å². The number of halogens is 1. The zero-order valence-electron chi connectivity index (χ0n) is 11.9. The third-order valence-electron chi connectivity index (χ3n) is 2.36. The SMILES string of the molecule is C=C(C)COCCNC(=O)COc1ccc(C)cc1Br. The van der Waals surface area contributed by atoms with Crippen LogP contribution in [0.4, 0.5) is 0 Å². The molecule has 1 aromatic rings. The van der Waals surface area contributed by atoms with Crippen LogP contribution in [0.1, 0.15) is 12.5 Å². The second kappa shape index (κ2) is 8.76. The molecule has 5 heteroatoms. The van der Waals surface area contributed by atoms with Crippen LogP contribution in [-0.4, -0.2) is 32.3 Å². The molecule has 1 aromatic carbocycles. The van der Waals surface area contributed by atoms with E-state index in [1.807, 2.05) is 32.0 Å². The van der Waals surface area contributed by atoms with E-state index in [2.05, 4.69) is 27.8 Å². The van der Waals surface area contributed by atoms with Gasteiger partial charge in [-0.3, -0.25) is 4.79 Å². The zero-order chi connectivity index (χ0) is 15.0. The molecule has 0 saturated heterocycles. The Bertz CT molecular complexity index is 474. The predicted octanol–water partition coefficient (Wildman–Crippen LogP) is 2.85. The van der Waals surface area contributed by atoms with Crippen LogP contribution < -0.4 is 10.1 Å². The zero-order valence-corrected chi connectivity index (χ0v) is 13.5. The molecule has 0 aliphatic heterocycles. The van der Waals surface area contributed by atoms with Gasteiger partial charge in [-0.25, -0.2) is 0 Å². The second-order valence-electron chi connectivity index (χ2n) is 4.58. The first-order valence-corrected chi connectivity index (χ1v) is 7.16. The summed E-state index contributed by atoms with van der Waals surface area (Å²) in [5.41, 5.74) is 2.09. The third-order valence-corrected chi connectivity index (χ3v) is 2.98. The molecule has 0 fully saturated rings. The van der Waals surface area contributed by atoms with Crippen LogP contribution >= 0.6 is 15.9 Å². The lowest BCUT2D eigenvalue weighted by Crippen LogP contribution is -2.31. The molecule has 1 rings (SSSR count). The van der Waals surface area contributed by atoms with Crippen LogP contribution in [0.2, 0.25) is 0 Å². The number of amides is 1. The van der Waals surface area contributed by atoms with Gasteiger partial charge in [-0.1, -0.05) is 18.2 Å². The van der Waals surface area contributed by atoms with Gasteiger partial charge in [0.2, 0.25) is 0 Å². The number of aryl methyl sites for hydroxylation is 1. The molecule has 0 heterocycles. The van der Waals surface area contributed by atoms with Crippen LogP contribution in [-0.2, 0) is 9.53 Å². The van der Waals surface area contributed by atoms with Crippen molar-refractivity contribution in [2.24, 2.45) is 0 Å². The summed E-state index contributed by atoms with van der Waals surface area (Å²) in [5, 5.41) is 2.72. The maximum atomic E-state index is 11.6. The monoisotopic (exact) mass is 341 g/mol. The molecule has 20 heavy (non-hydrogen) atoms. The average Bonchev–Trinajstić information content (AvgIpc) is 2.37. The van der Waals surface area contributed by atoms with E-state index in [0.717, 1.165) is 15.6 Å². The number of carbonyl (C=O) groups is 1. The molecule has 110 valence electrons. The standard InChI is InChI=1S/C15H20BrNO3/c1-11(2)9-19-7-6-17-15(18)10-20-14-5-4-12(3)8-13(14)16/h4-5,8H,1,6-7,9-10H2,2-3H3,(H,17,18). The first-order chi connectivity index (χ1) is 9.49. The van der Waals surface area contributed by atoms with Gasteiger partial charge < -0.3 is 14.8 Å². The maximum absolute atomic E-state index is 11.6. The molecule has 0 unspecified atom stereocenters. The topological polar surface area (TPSA) is 47.6 Å². The molecule has 0 aliphatic rings. The quantitative estimate of drug-likeness (QED) is 0.584. The molecule has 0 saturated carbocycles. The van der Waals surface area contributed by atoms with E-state index in [0.29, 0.717) is 25.5 Å². The van der Waals surface area contributed by atoms with Crippen molar-refractivity contribution in [1.29, 1.82) is 0 Å². The van der Waals surface area contributed by atoms with Gasteiger partial charge in [-0.15, -0.1) is 0 Å². The molecular weight excluding hydrogens is 322 g/mol. The highest BCUT2D eigenvalue weighted by atomic mass is 79.9. The molecule has 0 atom stereocenters. The minimum atomic E-state index is -0.170. The fourth-order valence-corrected chi connectivity index (χ4v) is 2.03. The van der Waals surface area contributed by atoms with Crippen LogP contribution in [0, 0.1) is 6.92 Å². The first-order valence-electron chi connectivity index (χ1n) is 6.37. The van der Waals surface area contributed by atoms with Gasteiger partial charge in [-0.05, 0) is 47.5 Å². The highest BCUT2D eigenvalue weighted by molar-refractivity contribution is 9.10. The third kappa shape index (κ3) is 6.73. The van der Waals surface area contributed by atoms with Crippen molar-refractivity contribution < 1.29 is 14.3 Å². The summed E-state index contributed by atoms with van der Waals surface area (Å²) < 4.78 is 11.6. The molecule has 0 aromatic heterocycles. The summed E-state index contributed by atoms with van der Waals surface area (Å²) in [5.74, 6) is 0.487. The summed E-state index contributed by atoms with van der Waals surface area (Å²) in [6.45, 7) is 9.05. The minimum Gasteiger partial charge on any atom is -0.483 e. The Morgan fingerprint density at radius 1 is 1.40 bits per heavy atom. The normalized spacial score (nSPS) is 10.2. The van der Waals surface area contributed by atoms with Crippen molar-refractivity contribution in [2.75, 3.05) is 26.4 Å². The summed E-state index contributed by atoms with van der Waals surface area (Å²) >= 11 is 3.40. The van der Waals surface area contributed by atoms with Gasteiger partial charge in [0.25, 0.3) is 5.91 Å². The molecule has 1 N–H and O–H groups in total. The maximum Gasteiger partial charge on any atom is 0.258 e. The van der Waals surface area contributed by atoms with Crippen LogP contribution in [0.15, 0.2) is 34.8 Å². The Hall–Kier alpha value is -1.33. The fraction of sp³-hybridized carbons (Fsp3) is 0.400. The van der Waals surface area contributed by atoms with Crippen molar-refractivity contribution in [3.63, 3.8) is 0 Å². The number of ether oxygens (including phenoxy) is 2. The number of carbonyl (C=O) groups excluding carboxylic acids is 1. The summed E-state index contributed by atoms with van der Waals surface area (Å²) in [4.78, 5) is 11.6. The Morgan fingerprint density at radius 3 is 2.80 bits per heavy atom. The van der Waals surface area contributed by atoms with Crippen LogP contribution in [0.3, 0.4) is 0 Å². The number of rotatable bonds is 8. The van der Waals surface area contributed by atoms with E-state index in [1.54, 1.807) is 0 Å². The van der Waals surface area contributed by atoms with E-state index >= 15 is 0 Å². The molecule has 0 spiro atoms. The highest BCUT2D eigenvalue weighted by Crippen LogP contribution is 2.25. The van der Waals surface area contributed by atoms with E-state index in [9.17, 15) is 4.79 Å². The molecule has 0 radical (unpaired) electrons. The van der Waals surface area contributed by atoms with Gasteiger partial charge in [0.15, 0.2) is 6.61 Å². The fourth-order valence-electron chi connectivity index (χ4n) is 1.43. The second-order valence-corrected chi connectivity index (χ2v) is 5.44. The minimum absolute atomic E-state index is 0.0118. The van der Waals surface area contributed by atoms with E-state index in [4.69, 9.17) is 9.47 Å². The predicted molar refractivity (Wildman–Crippen MR) is 83.0 cm³/mol. The van der Waals surface area contributed by atoms with Gasteiger partial charge in [0.05, 0.1) is 17.7 Å². The van der Waals surface area contributed by atoms with Crippen molar-refractivity contribution in [2.45, 2.75) is 13.8 Å². The number of nitrogens with one attached hydrogen (secondary N) is 1. The molecule has 0 aliphatic carbocycles. The summed E-state index contributed by atoms with van der Waals surface area (Å²) in [6, 6.07) is 5.71. The van der Waals surface area contributed by atoms with Crippen molar-refractivity contribution in [3.05, 3.63) is 40.4 Å². The van der Waals surface area contributed by atoms with Crippen molar-refractivity contribution >= 4 is 21.8 Å². The Morgan fingerprint density at radius 2 is 2.15 bits per heavy atom. The number of benzene rings is 1. The van der Waals surface area contributed by atoms with Gasteiger partial charge in [0.1, 0.15) is 5.75 Å². The first kappa shape index (κ1) is 16.7. The highest BCUT2D eigenvalue weighted by Gasteiger charge is 2.05. The van der Waals surface area contributed by atoms with Crippen LogP contribution in [0.25, 0.3) is 0 Å². The van der Waals surface area contributed by atoms with E-state index in [1.165, 1.54) is 0 Å². The number of hydrogen-bond donors (Lipinski definition) is 1. The average molecular weight is 342 g/mol. The number of hydrogen-bond acceptors (Lipinski definition) is 3.